The highest BCUT2D eigenvalue weighted by Gasteiger charge is 2.13. The Labute approximate surface area is 202 Å². The van der Waals surface area contributed by atoms with E-state index in [1.807, 2.05) is 19.1 Å². The molecule has 0 bridgehead atoms. The maximum absolute atomic E-state index is 12.4. The van der Waals surface area contributed by atoms with Gasteiger partial charge in [-0.05, 0) is 66.6 Å². The molecule has 3 aromatic rings. The van der Waals surface area contributed by atoms with Crippen molar-refractivity contribution in [3.8, 4) is 17.2 Å². The van der Waals surface area contributed by atoms with Crippen molar-refractivity contribution < 1.29 is 28.6 Å². The summed E-state index contributed by atoms with van der Waals surface area (Å²) >= 11 is 0. The number of nitrogens with zero attached hydrogens (tertiary/aromatic N) is 1. The molecule has 3 rings (SSSR count). The molecule has 0 saturated heterocycles. The van der Waals surface area contributed by atoms with Crippen molar-refractivity contribution in [1.29, 1.82) is 0 Å². The van der Waals surface area contributed by atoms with Gasteiger partial charge < -0.3 is 19.5 Å². The lowest BCUT2D eigenvalue weighted by molar-refractivity contribution is -0.120. The molecule has 9 nitrogen and oxygen atoms in total. The van der Waals surface area contributed by atoms with E-state index in [2.05, 4.69) is 15.8 Å². The van der Waals surface area contributed by atoms with Gasteiger partial charge in [0.25, 0.3) is 11.8 Å². The predicted octanol–water partition coefficient (Wildman–Crippen LogP) is 3.11. The van der Waals surface area contributed by atoms with Crippen molar-refractivity contribution in [1.82, 2.24) is 10.7 Å². The number of methoxy groups -OCH3 is 2. The summed E-state index contributed by atoms with van der Waals surface area (Å²) in [6.45, 7) is 1.59. The van der Waals surface area contributed by atoms with Crippen molar-refractivity contribution in [2.24, 2.45) is 5.10 Å². The maximum Gasteiger partial charge on any atom is 0.343 e. The molecule has 9 heteroatoms. The number of aryl methyl sites for hydroxylation is 1. The minimum Gasteiger partial charge on any atom is -0.497 e. The molecule has 0 aliphatic heterocycles. The lowest BCUT2D eigenvalue weighted by Gasteiger charge is -2.10. The van der Waals surface area contributed by atoms with E-state index in [-0.39, 0.29) is 18.2 Å². The number of hydrogen-bond donors (Lipinski definition) is 2. The molecular weight excluding hydrogens is 450 g/mol. The average Bonchev–Trinajstić information content (AvgIpc) is 2.88. The summed E-state index contributed by atoms with van der Waals surface area (Å²) in [4.78, 5) is 36.6. The van der Waals surface area contributed by atoms with Gasteiger partial charge in [0, 0.05) is 5.56 Å². The summed E-state index contributed by atoms with van der Waals surface area (Å²) < 4.78 is 15.8. The number of carbonyl (C=O) groups excluding carboxylic acids is 3. The summed E-state index contributed by atoms with van der Waals surface area (Å²) in [6.07, 6.45) is 1.40. The Morgan fingerprint density at radius 1 is 0.914 bits per heavy atom. The van der Waals surface area contributed by atoms with Gasteiger partial charge in [-0.15, -0.1) is 0 Å². The second-order valence-electron chi connectivity index (χ2n) is 7.32. The molecule has 0 heterocycles. The Hall–Kier alpha value is -4.66. The van der Waals surface area contributed by atoms with Gasteiger partial charge >= 0.3 is 5.97 Å². The van der Waals surface area contributed by atoms with Crippen LogP contribution in [0.5, 0.6) is 17.2 Å². The molecule has 0 aliphatic carbocycles. The van der Waals surface area contributed by atoms with Crippen LogP contribution >= 0.6 is 0 Å². The second-order valence-corrected chi connectivity index (χ2v) is 7.32. The molecule has 0 spiro atoms. The molecule has 0 saturated carbocycles. The van der Waals surface area contributed by atoms with E-state index in [1.165, 1.54) is 13.3 Å². The summed E-state index contributed by atoms with van der Waals surface area (Å²) in [5.74, 6) is -0.205. The molecule has 0 aliphatic rings. The van der Waals surface area contributed by atoms with Crippen LogP contribution in [-0.4, -0.2) is 44.8 Å². The zero-order chi connectivity index (χ0) is 25.2. The fraction of sp³-hybridized carbons (Fsp3) is 0.154. The zero-order valence-corrected chi connectivity index (χ0v) is 19.5. The third kappa shape index (κ3) is 6.91. The number of benzene rings is 3. The molecule has 0 fully saturated rings. The molecule has 0 unspecified atom stereocenters. The van der Waals surface area contributed by atoms with Crippen LogP contribution in [0, 0.1) is 6.92 Å². The van der Waals surface area contributed by atoms with Crippen molar-refractivity contribution in [3.05, 3.63) is 89.0 Å². The minimum atomic E-state index is -0.549. The number of amides is 2. The number of hydrazone groups is 1. The number of rotatable bonds is 9. The van der Waals surface area contributed by atoms with Gasteiger partial charge in [-0.25, -0.2) is 10.2 Å². The number of esters is 1. The SMILES string of the molecule is COc1ccc(C(=O)Oc2ccc(/C=N/NC(=O)CNC(=O)c3ccccc3C)cc2OC)cc1. The van der Waals surface area contributed by atoms with Gasteiger partial charge in [0.2, 0.25) is 0 Å². The number of nitrogens with one attached hydrogen (secondary N) is 2. The molecule has 180 valence electrons. The standard InChI is InChI=1S/C26H25N3O6/c1-17-6-4-5-7-21(17)25(31)27-16-24(30)29-28-15-18-8-13-22(23(14-18)34-3)35-26(32)19-9-11-20(33-2)12-10-19/h4-15H,16H2,1-3H3,(H,27,31)(H,29,30)/b28-15+. The average molecular weight is 476 g/mol. The van der Waals surface area contributed by atoms with E-state index < -0.39 is 11.9 Å². The lowest BCUT2D eigenvalue weighted by atomic mass is 10.1. The van der Waals surface area contributed by atoms with Gasteiger partial charge in [-0.1, -0.05) is 18.2 Å². The first-order chi connectivity index (χ1) is 16.9. The first kappa shape index (κ1) is 25.0. The van der Waals surface area contributed by atoms with Gasteiger partial charge in [-0.3, -0.25) is 9.59 Å². The molecule has 3 aromatic carbocycles. The Balaban J connectivity index is 1.54. The van der Waals surface area contributed by atoms with Crippen molar-refractivity contribution >= 4 is 24.0 Å². The topological polar surface area (TPSA) is 115 Å². The van der Waals surface area contributed by atoms with Crippen LogP contribution in [0.4, 0.5) is 0 Å². The largest absolute Gasteiger partial charge is 0.497 e. The van der Waals surface area contributed by atoms with Crippen LogP contribution in [-0.2, 0) is 4.79 Å². The van der Waals surface area contributed by atoms with E-state index in [0.717, 1.165) is 5.56 Å². The Morgan fingerprint density at radius 2 is 1.66 bits per heavy atom. The number of hydrogen-bond acceptors (Lipinski definition) is 7. The van der Waals surface area contributed by atoms with Gasteiger partial charge in [0.05, 0.1) is 32.5 Å². The lowest BCUT2D eigenvalue weighted by Crippen LogP contribution is -2.35. The highest BCUT2D eigenvalue weighted by molar-refractivity contribution is 5.97. The highest BCUT2D eigenvalue weighted by atomic mass is 16.6. The van der Waals surface area contributed by atoms with Crippen LogP contribution in [0.25, 0.3) is 0 Å². The summed E-state index contributed by atoms with van der Waals surface area (Å²) in [7, 11) is 2.99. The second kappa shape index (κ2) is 12.0. The Bertz CT molecular complexity index is 1240. The zero-order valence-electron chi connectivity index (χ0n) is 19.5. The van der Waals surface area contributed by atoms with E-state index >= 15 is 0 Å². The molecule has 2 amide bonds. The minimum absolute atomic E-state index is 0.228. The van der Waals surface area contributed by atoms with Crippen molar-refractivity contribution in [2.75, 3.05) is 20.8 Å². The predicted molar refractivity (Wildman–Crippen MR) is 130 cm³/mol. The smallest absolute Gasteiger partial charge is 0.343 e. The van der Waals surface area contributed by atoms with Crippen molar-refractivity contribution in [2.45, 2.75) is 6.92 Å². The van der Waals surface area contributed by atoms with E-state index in [1.54, 1.807) is 61.7 Å². The molecule has 35 heavy (non-hydrogen) atoms. The monoisotopic (exact) mass is 475 g/mol. The van der Waals surface area contributed by atoms with Crippen LogP contribution in [0.15, 0.2) is 71.8 Å². The first-order valence-corrected chi connectivity index (χ1v) is 10.6. The fourth-order valence-corrected chi connectivity index (χ4v) is 3.04. The normalized spacial score (nSPS) is 10.5. The van der Waals surface area contributed by atoms with Gasteiger partial charge in [0.1, 0.15) is 5.75 Å². The van der Waals surface area contributed by atoms with Crippen LogP contribution in [0.2, 0.25) is 0 Å². The van der Waals surface area contributed by atoms with Gasteiger partial charge in [-0.2, -0.15) is 5.10 Å². The van der Waals surface area contributed by atoms with Crippen LogP contribution in [0.1, 0.15) is 31.8 Å². The molecular formula is C26H25N3O6. The quantitative estimate of drug-likeness (QED) is 0.213. The maximum atomic E-state index is 12.4. The summed E-state index contributed by atoms with van der Waals surface area (Å²) in [5, 5.41) is 6.44. The van der Waals surface area contributed by atoms with E-state index in [9.17, 15) is 14.4 Å². The molecule has 2 N–H and O–H groups in total. The molecule has 0 aromatic heterocycles. The van der Waals surface area contributed by atoms with Gasteiger partial charge in [0.15, 0.2) is 11.5 Å². The fourth-order valence-electron chi connectivity index (χ4n) is 3.04. The van der Waals surface area contributed by atoms with Crippen LogP contribution in [0.3, 0.4) is 0 Å². The Morgan fingerprint density at radius 3 is 2.34 bits per heavy atom. The van der Waals surface area contributed by atoms with E-state index in [4.69, 9.17) is 14.2 Å². The van der Waals surface area contributed by atoms with E-state index in [0.29, 0.717) is 28.2 Å². The third-order valence-electron chi connectivity index (χ3n) is 4.92. The Kier molecular flexibility index (Phi) is 8.55. The highest BCUT2D eigenvalue weighted by Crippen LogP contribution is 2.28. The number of carbonyl (C=O) groups is 3. The molecule has 0 radical (unpaired) electrons. The first-order valence-electron chi connectivity index (χ1n) is 10.6. The summed E-state index contributed by atoms with van der Waals surface area (Å²) in [6, 6.07) is 18.4. The summed E-state index contributed by atoms with van der Waals surface area (Å²) in [5.41, 5.74) is 4.62. The number of ether oxygens (including phenoxy) is 3. The van der Waals surface area contributed by atoms with Crippen molar-refractivity contribution in [3.63, 3.8) is 0 Å². The third-order valence-corrected chi connectivity index (χ3v) is 4.92. The molecule has 0 atom stereocenters. The van der Waals surface area contributed by atoms with Crippen LogP contribution < -0.4 is 25.0 Å².